The van der Waals surface area contributed by atoms with Crippen molar-refractivity contribution in [1.82, 2.24) is 14.4 Å². The summed E-state index contributed by atoms with van der Waals surface area (Å²) in [6, 6.07) is 8.90. The van der Waals surface area contributed by atoms with Gasteiger partial charge >= 0.3 is 6.03 Å². The molecule has 2 N–H and O–H groups in total. The van der Waals surface area contributed by atoms with Gasteiger partial charge < -0.3 is 29.5 Å². The van der Waals surface area contributed by atoms with Crippen molar-refractivity contribution in [1.29, 1.82) is 0 Å². The molecule has 0 radical (unpaired) electrons. The molecular formula is C34H46FN5O7S. The molecule has 1 aliphatic rings. The van der Waals surface area contributed by atoms with Crippen molar-refractivity contribution in [2.45, 2.75) is 84.0 Å². The van der Waals surface area contributed by atoms with Gasteiger partial charge in [0.1, 0.15) is 22.9 Å². The highest BCUT2D eigenvalue weighted by Gasteiger charge is 2.32. The molecule has 3 aromatic rings. The number of rotatable bonds is 7. The Labute approximate surface area is 282 Å². The molecule has 0 fully saturated rings. The molecule has 0 unspecified atom stereocenters. The number of anilines is 2. The van der Waals surface area contributed by atoms with E-state index in [1.807, 2.05) is 27.7 Å². The molecule has 4 rings (SSSR count). The second-order valence-corrected chi connectivity index (χ2v) is 14.6. The average molecular weight is 688 g/mol. The lowest BCUT2D eigenvalue weighted by atomic mass is 10.0. The first-order valence-corrected chi connectivity index (χ1v) is 17.6. The molecule has 3 amide bonds. The number of aryl methyl sites for hydroxylation is 2. The van der Waals surface area contributed by atoms with Gasteiger partial charge in [0.25, 0.3) is 5.91 Å². The fourth-order valence-corrected chi connectivity index (χ4v) is 6.69. The highest BCUT2D eigenvalue weighted by molar-refractivity contribution is 7.89. The minimum Gasteiger partial charge on any atom is -0.490 e. The maximum absolute atomic E-state index is 14.3. The maximum atomic E-state index is 14.3. The Bertz CT molecular complexity index is 1660. The quantitative estimate of drug-likeness (QED) is 0.298. The second-order valence-electron chi connectivity index (χ2n) is 12.6. The SMILES string of the molecule is Cc1noc(C)c1NC(=O)Nc1ccc2c(c1)C(=O)N(C(C)C)C[C@@H](C)[C@H](CN(C)S(=O)(=O)c1ccc(F)cc1)OCCCC[C@H](C)O2. The van der Waals surface area contributed by atoms with Crippen molar-refractivity contribution in [3.05, 3.63) is 65.3 Å². The number of likely N-dealkylation sites (N-methyl/N-ethyl adjacent to an activating group) is 1. The van der Waals surface area contributed by atoms with Crippen LogP contribution in [0.5, 0.6) is 5.75 Å². The first-order chi connectivity index (χ1) is 22.7. The van der Waals surface area contributed by atoms with E-state index in [1.165, 1.54) is 23.5 Å². The number of carbonyl (C=O) groups excluding carboxylic acids is 2. The second kappa shape index (κ2) is 15.9. The van der Waals surface area contributed by atoms with E-state index in [9.17, 15) is 22.4 Å². The van der Waals surface area contributed by atoms with Gasteiger partial charge in [0.05, 0.1) is 22.7 Å². The summed E-state index contributed by atoms with van der Waals surface area (Å²) in [5.74, 6) is -0.250. The van der Waals surface area contributed by atoms with Crippen LogP contribution in [0.4, 0.5) is 20.6 Å². The smallest absolute Gasteiger partial charge is 0.323 e. The molecule has 262 valence electrons. The van der Waals surface area contributed by atoms with Crippen molar-refractivity contribution in [3.8, 4) is 5.75 Å². The number of sulfonamides is 1. The number of amides is 3. The summed E-state index contributed by atoms with van der Waals surface area (Å²) >= 11 is 0. The fraction of sp³-hybridized carbons (Fsp3) is 0.500. The molecule has 2 aromatic carbocycles. The van der Waals surface area contributed by atoms with E-state index in [1.54, 1.807) is 36.9 Å². The summed E-state index contributed by atoms with van der Waals surface area (Å²) in [6.07, 6.45) is 1.46. The van der Waals surface area contributed by atoms with Crippen molar-refractivity contribution < 1.29 is 36.4 Å². The Kier molecular flexibility index (Phi) is 12.2. The molecular weight excluding hydrogens is 641 g/mol. The highest BCUT2D eigenvalue weighted by Crippen LogP contribution is 2.29. The Morgan fingerprint density at radius 1 is 1.10 bits per heavy atom. The van der Waals surface area contributed by atoms with Crippen LogP contribution in [0, 0.1) is 25.6 Å². The number of fused-ring (bicyclic) bond motifs is 1. The van der Waals surface area contributed by atoms with Crippen molar-refractivity contribution in [3.63, 3.8) is 0 Å². The van der Waals surface area contributed by atoms with Gasteiger partial charge in [-0.2, -0.15) is 4.31 Å². The van der Waals surface area contributed by atoms with Gasteiger partial charge in [0.2, 0.25) is 10.0 Å². The van der Waals surface area contributed by atoms with Crippen LogP contribution >= 0.6 is 0 Å². The third-order valence-corrected chi connectivity index (χ3v) is 10.2. The Hall–Kier alpha value is -4.01. The number of ether oxygens (including phenoxy) is 2. The Morgan fingerprint density at radius 3 is 2.46 bits per heavy atom. The largest absolute Gasteiger partial charge is 0.490 e. The van der Waals surface area contributed by atoms with Crippen LogP contribution in [-0.2, 0) is 14.8 Å². The number of urea groups is 1. The van der Waals surface area contributed by atoms with E-state index in [0.717, 1.165) is 25.0 Å². The molecule has 3 atom stereocenters. The molecule has 0 aliphatic carbocycles. The van der Waals surface area contributed by atoms with Gasteiger partial charge in [-0.15, -0.1) is 0 Å². The zero-order valence-electron chi connectivity index (χ0n) is 28.6. The molecule has 0 bridgehead atoms. The van der Waals surface area contributed by atoms with Crippen LogP contribution < -0.4 is 15.4 Å². The number of halogens is 1. The summed E-state index contributed by atoms with van der Waals surface area (Å²) in [7, 11) is -2.45. The number of hydrogen-bond donors (Lipinski definition) is 2. The lowest BCUT2D eigenvalue weighted by Crippen LogP contribution is -2.46. The van der Waals surface area contributed by atoms with Gasteiger partial charge in [0, 0.05) is 44.4 Å². The lowest BCUT2D eigenvalue weighted by molar-refractivity contribution is -0.00544. The normalized spacial score (nSPS) is 19.8. The summed E-state index contributed by atoms with van der Waals surface area (Å²) < 4.78 is 59.1. The minimum atomic E-state index is -3.92. The van der Waals surface area contributed by atoms with Gasteiger partial charge in [-0.3, -0.25) is 4.79 Å². The maximum Gasteiger partial charge on any atom is 0.323 e. The van der Waals surface area contributed by atoms with Crippen molar-refractivity contribution in [2.75, 3.05) is 37.4 Å². The fourth-order valence-electron chi connectivity index (χ4n) is 5.50. The molecule has 0 saturated heterocycles. The Morgan fingerprint density at radius 2 is 1.81 bits per heavy atom. The summed E-state index contributed by atoms with van der Waals surface area (Å²) in [4.78, 5) is 28.9. The highest BCUT2D eigenvalue weighted by atomic mass is 32.2. The first kappa shape index (κ1) is 36.8. The van der Waals surface area contributed by atoms with Crippen LogP contribution in [0.15, 0.2) is 51.9 Å². The lowest BCUT2D eigenvalue weighted by Gasteiger charge is -2.35. The standard InChI is InChI=1S/C34H46FN5O7S/c1-21(2)40-19-22(3)31(20-39(7)48(43,44)28-14-11-26(35)12-15-28)45-17-9-8-10-23(4)46-30-16-13-27(18-29(30)33(40)41)36-34(42)37-32-24(5)38-47-25(32)6/h11-16,18,21-23,31H,8-10,17,19-20H2,1-7H3,(H2,36,37,42)/t22-,23+,31+/m1/s1. The molecule has 14 heteroatoms. The summed E-state index contributed by atoms with van der Waals surface area (Å²) in [5.41, 5.74) is 1.66. The van der Waals surface area contributed by atoms with Crippen LogP contribution in [-0.4, -0.2) is 79.7 Å². The van der Waals surface area contributed by atoms with Crippen LogP contribution in [0.3, 0.4) is 0 Å². The minimum absolute atomic E-state index is 0.0191. The van der Waals surface area contributed by atoms with Crippen molar-refractivity contribution in [2.24, 2.45) is 5.92 Å². The van der Waals surface area contributed by atoms with E-state index in [4.69, 9.17) is 14.0 Å². The van der Waals surface area contributed by atoms with Crippen LogP contribution in [0.2, 0.25) is 0 Å². The number of carbonyl (C=O) groups is 2. The van der Waals surface area contributed by atoms with Crippen LogP contribution in [0.1, 0.15) is 68.8 Å². The molecule has 2 heterocycles. The van der Waals surface area contributed by atoms with Gasteiger partial charge in [-0.25, -0.2) is 17.6 Å². The number of hydrogen-bond acceptors (Lipinski definition) is 8. The summed E-state index contributed by atoms with van der Waals surface area (Å²) in [6.45, 7) is 11.8. The predicted octanol–water partition coefficient (Wildman–Crippen LogP) is 6.22. The third kappa shape index (κ3) is 9.11. The zero-order chi connectivity index (χ0) is 35.2. The summed E-state index contributed by atoms with van der Waals surface area (Å²) in [5, 5.41) is 9.38. The first-order valence-electron chi connectivity index (χ1n) is 16.1. The molecule has 1 aromatic heterocycles. The molecule has 1 aliphatic heterocycles. The molecule has 0 spiro atoms. The van der Waals surface area contributed by atoms with E-state index in [2.05, 4.69) is 15.8 Å². The molecule has 12 nitrogen and oxygen atoms in total. The predicted molar refractivity (Wildman–Crippen MR) is 180 cm³/mol. The molecule has 0 saturated carbocycles. The van der Waals surface area contributed by atoms with Gasteiger partial charge in [-0.1, -0.05) is 12.1 Å². The number of nitrogens with one attached hydrogen (secondary N) is 2. The van der Waals surface area contributed by atoms with E-state index >= 15 is 0 Å². The van der Waals surface area contributed by atoms with Gasteiger partial charge in [-0.05, 0) is 96.3 Å². The van der Waals surface area contributed by atoms with E-state index in [-0.39, 0.29) is 47.5 Å². The number of aromatic nitrogens is 1. The third-order valence-electron chi connectivity index (χ3n) is 8.37. The molecule has 48 heavy (non-hydrogen) atoms. The van der Waals surface area contributed by atoms with E-state index < -0.39 is 28.0 Å². The monoisotopic (exact) mass is 687 g/mol. The number of benzene rings is 2. The Balaban J connectivity index is 1.61. The average Bonchev–Trinajstić information content (AvgIpc) is 3.34. The van der Waals surface area contributed by atoms with Crippen LogP contribution in [0.25, 0.3) is 0 Å². The topological polar surface area (TPSA) is 143 Å². The number of nitrogens with zero attached hydrogens (tertiary/aromatic N) is 3. The zero-order valence-corrected chi connectivity index (χ0v) is 29.4. The van der Waals surface area contributed by atoms with Crippen molar-refractivity contribution >= 4 is 33.3 Å². The van der Waals surface area contributed by atoms with Gasteiger partial charge in [0.15, 0.2) is 5.76 Å². The van der Waals surface area contributed by atoms with E-state index in [0.29, 0.717) is 41.6 Å².